The Hall–Kier alpha value is -0.880. The number of thiophene rings is 1. The summed E-state index contributed by atoms with van der Waals surface area (Å²) in [5.41, 5.74) is -0.292. The van der Waals surface area contributed by atoms with Gasteiger partial charge in [-0.3, -0.25) is 9.59 Å². The maximum absolute atomic E-state index is 12.8. The predicted molar refractivity (Wildman–Crippen MR) is 88.0 cm³/mol. The third kappa shape index (κ3) is 3.48. The summed E-state index contributed by atoms with van der Waals surface area (Å²) >= 11 is 5.02. The monoisotopic (exact) mass is 372 g/mol. The van der Waals surface area contributed by atoms with Crippen LogP contribution >= 0.6 is 27.3 Å². The molecule has 1 fully saturated rings. The van der Waals surface area contributed by atoms with Crippen molar-refractivity contribution in [3.8, 4) is 0 Å². The second-order valence-corrected chi connectivity index (χ2v) is 8.34. The molecule has 2 rings (SSSR count). The second kappa shape index (κ2) is 6.08. The van der Waals surface area contributed by atoms with Gasteiger partial charge in [-0.15, -0.1) is 11.3 Å². The van der Waals surface area contributed by atoms with Gasteiger partial charge in [0.2, 0.25) is 11.8 Å². The molecule has 0 saturated carbocycles. The van der Waals surface area contributed by atoms with Gasteiger partial charge in [-0.05, 0) is 33.8 Å². The van der Waals surface area contributed by atoms with Crippen molar-refractivity contribution in [2.45, 2.75) is 52.7 Å². The van der Waals surface area contributed by atoms with Gasteiger partial charge in [0.1, 0.15) is 12.1 Å². The number of amides is 2. The van der Waals surface area contributed by atoms with Crippen molar-refractivity contribution in [1.82, 2.24) is 10.2 Å². The molecule has 1 N–H and O–H groups in total. The molecule has 2 atom stereocenters. The molecule has 0 bridgehead atoms. The predicted octanol–water partition coefficient (Wildman–Crippen LogP) is 3.16. The van der Waals surface area contributed by atoms with Gasteiger partial charge in [0.05, 0.1) is 6.54 Å². The van der Waals surface area contributed by atoms with Crippen molar-refractivity contribution in [3.05, 3.63) is 20.8 Å². The minimum Gasteiger partial charge on any atom is -0.342 e. The van der Waals surface area contributed by atoms with E-state index in [0.29, 0.717) is 13.0 Å². The number of rotatable bonds is 3. The fraction of sp³-hybridized carbons (Fsp3) is 0.600. The van der Waals surface area contributed by atoms with Crippen molar-refractivity contribution >= 4 is 39.1 Å². The van der Waals surface area contributed by atoms with E-state index in [9.17, 15) is 9.59 Å². The maximum atomic E-state index is 12.8. The second-order valence-electron chi connectivity index (χ2n) is 6.43. The maximum Gasteiger partial charge on any atom is 0.246 e. The molecule has 1 saturated heterocycles. The van der Waals surface area contributed by atoms with Gasteiger partial charge < -0.3 is 10.2 Å². The summed E-state index contributed by atoms with van der Waals surface area (Å²) in [7, 11) is 0. The molecular weight excluding hydrogens is 352 g/mol. The Labute approximate surface area is 138 Å². The number of carbonyl (C=O) groups excluding carboxylic acids is 2. The summed E-state index contributed by atoms with van der Waals surface area (Å²) in [4.78, 5) is 27.9. The van der Waals surface area contributed by atoms with Crippen LogP contribution in [0.3, 0.4) is 0 Å². The molecule has 1 aromatic rings. The molecule has 0 aliphatic carbocycles. The lowest BCUT2D eigenvalue weighted by Crippen LogP contribution is -2.66. The lowest BCUT2D eigenvalue weighted by molar-refractivity contribution is -0.153. The van der Waals surface area contributed by atoms with Crippen molar-refractivity contribution < 1.29 is 9.59 Å². The molecule has 116 valence electrons. The van der Waals surface area contributed by atoms with Crippen LogP contribution in [0.4, 0.5) is 0 Å². The van der Waals surface area contributed by atoms with E-state index in [4.69, 9.17) is 0 Å². The fourth-order valence-electron chi connectivity index (χ4n) is 2.55. The van der Waals surface area contributed by atoms with Crippen LogP contribution < -0.4 is 5.32 Å². The lowest BCUT2D eigenvalue weighted by atomic mass is 9.83. The molecule has 2 unspecified atom stereocenters. The zero-order chi connectivity index (χ0) is 15.8. The highest BCUT2D eigenvalue weighted by Crippen LogP contribution is 2.29. The molecule has 0 spiro atoms. The van der Waals surface area contributed by atoms with E-state index < -0.39 is 6.04 Å². The lowest BCUT2D eigenvalue weighted by Gasteiger charge is -2.43. The number of hydrogen-bond donors (Lipinski definition) is 1. The summed E-state index contributed by atoms with van der Waals surface area (Å²) < 4.78 is 1.01. The summed E-state index contributed by atoms with van der Waals surface area (Å²) in [5.74, 6) is -0.0360. The van der Waals surface area contributed by atoms with Crippen molar-refractivity contribution in [2.75, 3.05) is 0 Å². The van der Waals surface area contributed by atoms with E-state index in [2.05, 4.69) is 21.2 Å². The minimum absolute atomic E-state index is 0.0125. The largest absolute Gasteiger partial charge is 0.342 e. The average Bonchev–Trinajstić information content (AvgIpc) is 2.78. The van der Waals surface area contributed by atoms with Crippen LogP contribution in [-0.4, -0.2) is 28.8 Å². The summed E-state index contributed by atoms with van der Waals surface area (Å²) in [6.07, 6.45) is 0.626. The van der Waals surface area contributed by atoms with Crippen LogP contribution in [0.15, 0.2) is 15.9 Å². The molecule has 1 aliphatic rings. The highest BCUT2D eigenvalue weighted by molar-refractivity contribution is 9.10. The summed E-state index contributed by atoms with van der Waals surface area (Å²) in [5, 5.41) is 4.88. The Morgan fingerprint density at radius 1 is 1.38 bits per heavy atom. The Morgan fingerprint density at radius 3 is 2.52 bits per heavy atom. The first-order valence-electron chi connectivity index (χ1n) is 7.07. The topological polar surface area (TPSA) is 49.4 Å². The van der Waals surface area contributed by atoms with Crippen molar-refractivity contribution in [2.24, 2.45) is 5.41 Å². The molecule has 2 heterocycles. The number of nitrogens with one attached hydrogen (secondary N) is 1. The van der Waals surface area contributed by atoms with Crippen LogP contribution in [0.5, 0.6) is 0 Å². The third-order valence-electron chi connectivity index (χ3n) is 3.70. The first-order chi connectivity index (χ1) is 9.74. The van der Waals surface area contributed by atoms with E-state index in [-0.39, 0.29) is 23.3 Å². The molecule has 0 aromatic carbocycles. The highest BCUT2D eigenvalue weighted by Gasteiger charge is 2.44. The molecule has 6 heteroatoms. The Morgan fingerprint density at radius 2 is 2.05 bits per heavy atom. The van der Waals surface area contributed by atoms with Crippen LogP contribution in [0.2, 0.25) is 0 Å². The quantitative estimate of drug-likeness (QED) is 0.885. The average molecular weight is 373 g/mol. The van der Waals surface area contributed by atoms with Crippen LogP contribution in [0.25, 0.3) is 0 Å². The number of carbonyl (C=O) groups is 2. The van der Waals surface area contributed by atoms with Crippen molar-refractivity contribution in [3.63, 3.8) is 0 Å². The summed E-state index contributed by atoms with van der Waals surface area (Å²) in [6.45, 7) is 8.35. The Balaban J connectivity index is 2.28. The Kier molecular flexibility index (Phi) is 4.78. The van der Waals surface area contributed by atoms with Gasteiger partial charge in [0, 0.05) is 14.7 Å². The van der Waals surface area contributed by atoms with E-state index in [1.165, 1.54) is 0 Å². The number of hydrogen-bond acceptors (Lipinski definition) is 3. The van der Waals surface area contributed by atoms with Gasteiger partial charge in [0.25, 0.3) is 0 Å². The third-order valence-corrected chi connectivity index (χ3v) is 5.38. The van der Waals surface area contributed by atoms with Gasteiger partial charge in [-0.1, -0.05) is 27.7 Å². The van der Waals surface area contributed by atoms with E-state index in [1.54, 1.807) is 16.2 Å². The SMILES string of the molecule is CCC1C(=O)NC(C(C)(C)C)C(=O)N1Cc1cc(Br)cs1. The molecule has 21 heavy (non-hydrogen) atoms. The normalized spacial score (nSPS) is 23.4. The van der Waals surface area contributed by atoms with Gasteiger partial charge in [0.15, 0.2) is 0 Å². The molecule has 0 radical (unpaired) electrons. The van der Waals surface area contributed by atoms with E-state index >= 15 is 0 Å². The van der Waals surface area contributed by atoms with Crippen LogP contribution in [-0.2, 0) is 16.1 Å². The molecule has 4 nitrogen and oxygen atoms in total. The standard InChI is InChI=1S/C15H21BrN2O2S/c1-5-11-13(19)17-12(15(2,3)4)14(20)18(11)7-10-6-9(16)8-21-10/h6,8,11-12H,5,7H2,1-4H3,(H,17,19). The minimum atomic E-state index is -0.462. The number of nitrogens with zero attached hydrogens (tertiary/aromatic N) is 1. The summed E-state index contributed by atoms with van der Waals surface area (Å²) in [6, 6.07) is 1.16. The van der Waals surface area contributed by atoms with Crippen LogP contribution in [0, 0.1) is 5.41 Å². The zero-order valence-electron chi connectivity index (χ0n) is 12.8. The highest BCUT2D eigenvalue weighted by atomic mass is 79.9. The van der Waals surface area contributed by atoms with Gasteiger partial charge >= 0.3 is 0 Å². The first kappa shape index (κ1) is 16.5. The first-order valence-corrected chi connectivity index (χ1v) is 8.75. The van der Waals surface area contributed by atoms with E-state index in [0.717, 1.165) is 9.35 Å². The molecular formula is C15H21BrN2O2S. The van der Waals surface area contributed by atoms with E-state index in [1.807, 2.05) is 39.1 Å². The molecule has 2 amide bonds. The van der Waals surface area contributed by atoms with Gasteiger partial charge in [-0.2, -0.15) is 0 Å². The van der Waals surface area contributed by atoms with Crippen molar-refractivity contribution in [1.29, 1.82) is 0 Å². The number of halogens is 1. The van der Waals surface area contributed by atoms with Crippen LogP contribution in [0.1, 0.15) is 39.0 Å². The van der Waals surface area contributed by atoms with Gasteiger partial charge in [-0.25, -0.2) is 0 Å². The Bertz CT molecular complexity index is 550. The fourth-order valence-corrected chi connectivity index (χ4v) is 4.00. The molecule has 1 aromatic heterocycles. The number of piperazine rings is 1. The zero-order valence-corrected chi connectivity index (χ0v) is 15.2. The smallest absolute Gasteiger partial charge is 0.246 e. The molecule has 1 aliphatic heterocycles.